The molecule has 5 heteroatoms. The average molecular weight is 299 g/mol. The first-order valence-corrected chi connectivity index (χ1v) is 8.40. The second-order valence-electron chi connectivity index (χ2n) is 5.88. The maximum absolute atomic E-state index is 12.7. The summed E-state index contributed by atoms with van der Waals surface area (Å²) in [6, 6.07) is 14.5. The lowest BCUT2D eigenvalue weighted by Crippen LogP contribution is -2.59. The number of fused-ring (bicyclic) bond motifs is 10. The third-order valence-corrected chi connectivity index (χ3v) is 6.26. The summed E-state index contributed by atoms with van der Waals surface area (Å²) in [5, 5.41) is -0.0245. The molecule has 0 radical (unpaired) electrons. The van der Waals surface area contributed by atoms with Gasteiger partial charge in [-0.25, -0.2) is 4.57 Å². The van der Waals surface area contributed by atoms with Gasteiger partial charge in [-0.05, 0) is 24.1 Å². The summed E-state index contributed by atoms with van der Waals surface area (Å²) in [7, 11) is 0. The molecule has 0 amide bonds. The van der Waals surface area contributed by atoms with E-state index in [1.807, 2.05) is 18.2 Å². The number of aromatic nitrogens is 1. The lowest BCUT2D eigenvalue weighted by molar-refractivity contribution is -0.719. The topological polar surface area (TPSA) is 48.2 Å². The second-order valence-corrected chi connectivity index (χ2v) is 7.23. The lowest BCUT2D eigenvalue weighted by atomic mass is 9.87. The highest BCUT2D eigenvalue weighted by Gasteiger charge is 2.65. The van der Waals surface area contributed by atoms with E-state index in [0.29, 0.717) is 0 Å². The minimum Gasteiger partial charge on any atom is -0.577 e. The number of aryl methyl sites for hydroxylation is 1. The van der Waals surface area contributed by atoms with E-state index in [-0.39, 0.29) is 23.5 Å². The van der Waals surface area contributed by atoms with Gasteiger partial charge in [0, 0.05) is 6.07 Å². The van der Waals surface area contributed by atoms with E-state index < -0.39 is 11.4 Å². The summed E-state index contributed by atoms with van der Waals surface area (Å²) in [5.41, 5.74) is 3.63. The zero-order valence-electron chi connectivity index (χ0n) is 11.5. The van der Waals surface area contributed by atoms with Crippen molar-refractivity contribution in [1.82, 2.24) is 0 Å². The largest absolute Gasteiger partial charge is 0.577 e. The summed E-state index contributed by atoms with van der Waals surface area (Å²) in [6.07, 6.45) is -0.0584. The van der Waals surface area contributed by atoms with E-state index in [2.05, 4.69) is 40.5 Å². The molecule has 4 nitrogen and oxygen atoms in total. The van der Waals surface area contributed by atoms with Gasteiger partial charge in [0.05, 0.1) is 0 Å². The van der Waals surface area contributed by atoms with Crippen molar-refractivity contribution in [3.05, 3.63) is 59.3 Å². The highest BCUT2D eigenvalue weighted by Crippen LogP contribution is 2.57. The Balaban J connectivity index is 1.74. The van der Waals surface area contributed by atoms with Gasteiger partial charge in [0.15, 0.2) is 17.4 Å². The Labute approximate surface area is 126 Å². The van der Waals surface area contributed by atoms with Gasteiger partial charge in [-0.2, -0.15) is 0 Å². The molecular weight excluding hydrogens is 284 g/mol. The van der Waals surface area contributed by atoms with Gasteiger partial charge in [-0.15, -0.1) is 0 Å². The zero-order chi connectivity index (χ0) is 14.1. The molecule has 5 rings (SSSR count). The highest BCUT2D eigenvalue weighted by atomic mass is 32.2. The summed E-state index contributed by atoms with van der Waals surface area (Å²) >= 11 is -1.12. The molecule has 3 aliphatic rings. The van der Waals surface area contributed by atoms with Gasteiger partial charge in [0.25, 0.3) is 0 Å². The Morgan fingerprint density at radius 2 is 1.86 bits per heavy atom. The van der Waals surface area contributed by atoms with Crippen molar-refractivity contribution in [3.8, 4) is 0 Å². The van der Waals surface area contributed by atoms with Crippen LogP contribution in [-0.4, -0.2) is 9.80 Å². The molecule has 5 atom stereocenters. The maximum Gasteiger partial charge on any atom is 0.321 e. The molecule has 1 fully saturated rings. The Morgan fingerprint density at radius 3 is 2.67 bits per heavy atom. The van der Waals surface area contributed by atoms with Gasteiger partial charge >= 0.3 is 5.82 Å². The Morgan fingerprint density at radius 1 is 1.10 bits per heavy atom. The second kappa shape index (κ2) is 4.00. The predicted octanol–water partition coefficient (Wildman–Crippen LogP) is 2.11. The summed E-state index contributed by atoms with van der Waals surface area (Å²) < 4.78 is 24.3. The van der Waals surface area contributed by atoms with Crippen LogP contribution >= 0.6 is 0 Å². The van der Waals surface area contributed by atoms with Crippen molar-refractivity contribution in [2.24, 2.45) is 0 Å². The quantitative estimate of drug-likeness (QED) is 0.599. The lowest BCUT2D eigenvalue weighted by Gasteiger charge is -2.32. The number of nitrogens with one attached hydrogen (secondary N) is 1. The first kappa shape index (κ1) is 12.0. The summed E-state index contributed by atoms with van der Waals surface area (Å²) in [6.45, 7) is 2.09. The molecule has 0 spiro atoms. The van der Waals surface area contributed by atoms with Gasteiger partial charge in [0.1, 0.15) is 17.9 Å². The molecule has 2 aromatic rings. The van der Waals surface area contributed by atoms with Crippen molar-refractivity contribution < 1.29 is 13.9 Å². The zero-order valence-corrected chi connectivity index (χ0v) is 12.3. The molecule has 0 aliphatic carbocycles. The first-order chi connectivity index (χ1) is 10.3. The van der Waals surface area contributed by atoms with E-state index >= 15 is 0 Å². The van der Waals surface area contributed by atoms with Crippen LogP contribution in [0.2, 0.25) is 0 Å². The Hall–Kier alpha value is -1.56. The van der Waals surface area contributed by atoms with Crippen LogP contribution in [0, 0.1) is 6.92 Å². The molecule has 21 heavy (non-hydrogen) atoms. The van der Waals surface area contributed by atoms with Crippen LogP contribution in [0.1, 0.15) is 35.1 Å². The Bertz CT molecular complexity index is 751. The molecule has 1 aromatic carbocycles. The number of ether oxygens (including phenoxy) is 1. The fourth-order valence-corrected chi connectivity index (χ4v) is 5.47. The molecule has 1 N–H and O–H groups in total. The van der Waals surface area contributed by atoms with Crippen molar-refractivity contribution in [3.63, 3.8) is 0 Å². The smallest absolute Gasteiger partial charge is 0.321 e. The van der Waals surface area contributed by atoms with Crippen molar-refractivity contribution in [1.29, 1.82) is 0 Å². The summed E-state index contributed by atoms with van der Waals surface area (Å²) in [4.78, 5) is 0. The van der Waals surface area contributed by atoms with Crippen molar-refractivity contribution >= 4 is 17.2 Å². The number of rotatable bonds is 0. The van der Waals surface area contributed by atoms with Crippen LogP contribution in [0.3, 0.4) is 0 Å². The van der Waals surface area contributed by atoms with Crippen molar-refractivity contribution in [2.45, 2.75) is 30.4 Å². The third-order valence-electron chi connectivity index (χ3n) is 4.83. The molecule has 0 saturated carbocycles. The number of hydrogen-bond donors (Lipinski definition) is 1. The predicted molar refractivity (Wildman–Crippen MR) is 79.0 cm³/mol. The van der Waals surface area contributed by atoms with Gasteiger partial charge in [-0.3, -0.25) is 0 Å². The molecule has 106 valence electrons. The van der Waals surface area contributed by atoms with Gasteiger partial charge in [0.2, 0.25) is 5.25 Å². The Kier molecular flexibility index (Phi) is 2.29. The molecule has 1 aromatic heterocycles. The minimum absolute atomic E-state index is 0.00657. The first-order valence-electron chi connectivity index (χ1n) is 7.18. The fraction of sp³-hybridized carbons (Fsp3) is 0.312. The SMILES string of the molecule is Cc1cccc2[n+]1[C@H]1[C@H]([C@@H]3O[C@H]1c1ccccc13)[S+]([O-])N2. The van der Waals surface area contributed by atoms with Crippen LogP contribution in [0.15, 0.2) is 42.5 Å². The normalized spacial score (nSPS) is 34.9. The molecule has 1 unspecified atom stereocenters. The van der Waals surface area contributed by atoms with Gasteiger partial charge < -0.3 is 9.29 Å². The number of hydrogen-bond acceptors (Lipinski definition) is 3. The highest BCUT2D eigenvalue weighted by molar-refractivity contribution is 7.93. The molecular formula is C16H15N2O2S+. The fourth-order valence-electron chi connectivity index (χ4n) is 4.00. The van der Waals surface area contributed by atoms with Crippen LogP contribution in [0.25, 0.3) is 0 Å². The van der Waals surface area contributed by atoms with Crippen LogP contribution in [-0.2, 0) is 16.1 Å². The van der Waals surface area contributed by atoms with Crippen LogP contribution in [0.4, 0.5) is 5.82 Å². The van der Waals surface area contributed by atoms with Crippen LogP contribution < -0.4 is 9.29 Å². The van der Waals surface area contributed by atoms with E-state index in [1.54, 1.807) is 0 Å². The molecule has 4 heterocycles. The van der Waals surface area contributed by atoms with E-state index in [0.717, 1.165) is 5.82 Å². The number of anilines is 1. The number of pyridine rings is 1. The average Bonchev–Trinajstić information content (AvgIpc) is 3.05. The molecule has 1 saturated heterocycles. The number of benzene rings is 1. The van der Waals surface area contributed by atoms with Crippen molar-refractivity contribution in [2.75, 3.05) is 4.72 Å². The maximum atomic E-state index is 12.7. The molecule has 2 bridgehead atoms. The summed E-state index contributed by atoms with van der Waals surface area (Å²) in [5.74, 6) is 0.920. The van der Waals surface area contributed by atoms with Crippen LogP contribution in [0.5, 0.6) is 0 Å². The standard InChI is InChI=1S/C16H14N2O2S/c1-9-5-4-8-12-17-21(19)16-13(18(9)12)14-10-6-2-3-7-11(10)15(16)20-14/h2-8,13-16H,1H3/p+1/t13-,14+,15-,16-,21?/m1/s1. The van der Waals surface area contributed by atoms with E-state index in [9.17, 15) is 4.55 Å². The molecule has 3 aliphatic heterocycles. The third kappa shape index (κ3) is 1.41. The van der Waals surface area contributed by atoms with E-state index in [1.165, 1.54) is 16.8 Å². The van der Waals surface area contributed by atoms with Gasteiger partial charge in [-0.1, -0.05) is 35.1 Å². The van der Waals surface area contributed by atoms with E-state index in [4.69, 9.17) is 4.74 Å². The minimum atomic E-state index is -1.12. The monoisotopic (exact) mass is 299 g/mol. The number of nitrogens with zero attached hydrogens (tertiary/aromatic N) is 1.